The summed E-state index contributed by atoms with van der Waals surface area (Å²) in [5.74, 6) is 1.52. The summed E-state index contributed by atoms with van der Waals surface area (Å²) in [7, 11) is 0. The first kappa shape index (κ1) is 21.8. The van der Waals surface area contributed by atoms with Crippen molar-refractivity contribution in [1.29, 1.82) is 0 Å². The summed E-state index contributed by atoms with van der Waals surface area (Å²) >= 11 is 3.10. The van der Waals surface area contributed by atoms with E-state index < -0.39 is 0 Å². The van der Waals surface area contributed by atoms with Crippen LogP contribution in [0.1, 0.15) is 24.8 Å². The van der Waals surface area contributed by atoms with Crippen LogP contribution in [0.15, 0.2) is 28.0 Å². The highest BCUT2D eigenvalue weighted by molar-refractivity contribution is 7.14. The lowest BCUT2D eigenvalue weighted by Gasteiger charge is -2.15. The molecule has 11 heteroatoms. The third-order valence-electron chi connectivity index (χ3n) is 5.48. The first-order valence-corrected chi connectivity index (χ1v) is 12.8. The van der Waals surface area contributed by atoms with Crippen molar-refractivity contribution >= 4 is 39.7 Å². The number of amides is 1. The summed E-state index contributed by atoms with van der Waals surface area (Å²) < 4.78 is 5.84. The molecule has 3 aromatic rings. The number of carbonyl (C=O) groups is 1. The summed E-state index contributed by atoms with van der Waals surface area (Å²) in [5.41, 5.74) is 3.69. The van der Waals surface area contributed by atoms with E-state index in [-0.39, 0.29) is 5.91 Å². The number of guanidine groups is 1. The van der Waals surface area contributed by atoms with Gasteiger partial charge in [0.25, 0.3) is 0 Å². The summed E-state index contributed by atoms with van der Waals surface area (Å²) in [6.45, 7) is 5.60. The molecule has 0 unspecified atom stereocenters. The van der Waals surface area contributed by atoms with E-state index in [0.717, 1.165) is 71.1 Å². The van der Waals surface area contributed by atoms with Gasteiger partial charge in [-0.15, -0.1) is 22.7 Å². The number of nitrogens with one attached hydrogen (secondary N) is 2. The van der Waals surface area contributed by atoms with Crippen LogP contribution in [0, 0.1) is 6.92 Å². The first-order chi connectivity index (χ1) is 16.2. The molecule has 0 radical (unpaired) electrons. The van der Waals surface area contributed by atoms with Gasteiger partial charge in [0, 0.05) is 54.6 Å². The Kier molecular flexibility index (Phi) is 6.49. The van der Waals surface area contributed by atoms with Gasteiger partial charge in [0.2, 0.25) is 11.8 Å². The van der Waals surface area contributed by atoms with Crippen molar-refractivity contribution in [2.75, 3.05) is 38.1 Å². The van der Waals surface area contributed by atoms with E-state index in [1.807, 2.05) is 28.7 Å². The zero-order valence-electron chi connectivity index (χ0n) is 18.3. The van der Waals surface area contributed by atoms with Crippen LogP contribution in [0.2, 0.25) is 0 Å². The summed E-state index contributed by atoms with van der Waals surface area (Å²) in [6.07, 6.45) is 4.42. The van der Waals surface area contributed by atoms with Gasteiger partial charge in [-0.2, -0.15) is 0 Å². The van der Waals surface area contributed by atoms with Crippen LogP contribution in [-0.4, -0.2) is 64.5 Å². The van der Waals surface area contributed by atoms with Crippen LogP contribution in [0.4, 0.5) is 5.13 Å². The molecule has 0 aromatic carbocycles. The average Bonchev–Trinajstić information content (AvgIpc) is 3.57. The molecule has 0 atom stereocenters. The minimum atomic E-state index is 0.204. The predicted molar refractivity (Wildman–Crippen MR) is 131 cm³/mol. The maximum Gasteiger partial charge on any atom is 0.222 e. The van der Waals surface area contributed by atoms with Gasteiger partial charge in [0.1, 0.15) is 23.0 Å². The lowest BCUT2D eigenvalue weighted by atomic mass is 10.1. The lowest BCUT2D eigenvalue weighted by Crippen LogP contribution is -2.35. The number of ether oxygens (including phenoxy) is 1. The van der Waals surface area contributed by atoms with Crippen LogP contribution in [-0.2, 0) is 4.79 Å². The Hall–Kier alpha value is -3.05. The van der Waals surface area contributed by atoms with Crippen LogP contribution >= 0.6 is 22.7 Å². The Labute approximate surface area is 200 Å². The van der Waals surface area contributed by atoms with Gasteiger partial charge in [0.05, 0.1) is 6.54 Å². The third kappa shape index (κ3) is 5.14. The Morgan fingerprint density at radius 1 is 1.21 bits per heavy atom. The highest BCUT2D eigenvalue weighted by atomic mass is 32.1. The van der Waals surface area contributed by atoms with Gasteiger partial charge in [-0.25, -0.2) is 15.0 Å². The van der Waals surface area contributed by atoms with Crippen LogP contribution in [0.5, 0.6) is 5.88 Å². The Morgan fingerprint density at radius 3 is 2.91 bits per heavy atom. The summed E-state index contributed by atoms with van der Waals surface area (Å²) in [5, 5.41) is 12.2. The van der Waals surface area contributed by atoms with Crippen LogP contribution in [0.3, 0.4) is 0 Å². The molecule has 2 N–H and O–H groups in total. The number of aromatic nitrogens is 3. The Morgan fingerprint density at radius 2 is 2.09 bits per heavy atom. The molecule has 172 valence electrons. The Bertz CT molecular complexity index is 1170. The zero-order chi connectivity index (χ0) is 22.6. The quantitative estimate of drug-likeness (QED) is 0.531. The van der Waals surface area contributed by atoms with Gasteiger partial charge >= 0.3 is 0 Å². The van der Waals surface area contributed by atoms with Crippen LogP contribution in [0.25, 0.3) is 22.0 Å². The first-order valence-electron chi connectivity index (χ1n) is 11.0. The number of aliphatic imine (C=N–C) groups is 1. The van der Waals surface area contributed by atoms with E-state index in [1.54, 1.807) is 17.5 Å². The maximum atomic E-state index is 11.8. The van der Waals surface area contributed by atoms with Gasteiger partial charge < -0.3 is 20.3 Å². The van der Waals surface area contributed by atoms with E-state index >= 15 is 0 Å². The largest absolute Gasteiger partial charge is 0.476 e. The van der Waals surface area contributed by atoms with E-state index in [0.29, 0.717) is 25.5 Å². The van der Waals surface area contributed by atoms with Gasteiger partial charge in [-0.1, -0.05) is 0 Å². The predicted octanol–water partition coefficient (Wildman–Crippen LogP) is 3.40. The molecule has 1 saturated heterocycles. The van der Waals surface area contributed by atoms with Crippen molar-refractivity contribution in [2.24, 2.45) is 4.99 Å². The fraction of sp³-hybridized carbons (Fsp3) is 0.409. The molecular weight excluding hydrogens is 458 g/mol. The normalized spacial score (nSPS) is 16.0. The molecule has 5 heterocycles. The van der Waals surface area contributed by atoms with Gasteiger partial charge in [-0.05, 0) is 25.3 Å². The monoisotopic (exact) mass is 483 g/mol. The number of hydrogen-bond donors (Lipinski definition) is 2. The smallest absolute Gasteiger partial charge is 0.222 e. The van der Waals surface area contributed by atoms with Crippen molar-refractivity contribution in [1.82, 2.24) is 25.2 Å². The molecular formula is C22H25N7O2S2. The molecule has 2 aliphatic heterocycles. The summed E-state index contributed by atoms with van der Waals surface area (Å²) in [4.78, 5) is 31.9. The maximum absolute atomic E-state index is 11.8. The van der Waals surface area contributed by atoms with Crippen molar-refractivity contribution in [3.63, 3.8) is 0 Å². The molecule has 3 aromatic heterocycles. The fourth-order valence-electron chi connectivity index (χ4n) is 3.70. The standard InChI is InChI=1S/C22H25N7O2S2/c1-14-11-25-18(31-9-8-29-7-2-4-19(29)30)10-15(14)20-26-16(12-32-20)17-13-33-22(27-17)28-21-23-5-3-6-24-21/h10-13H,2-9H2,1H3,(H2,23,24,27,28). The van der Waals surface area contributed by atoms with Crippen LogP contribution < -0.4 is 15.4 Å². The molecule has 0 spiro atoms. The minimum absolute atomic E-state index is 0.204. The average molecular weight is 484 g/mol. The highest BCUT2D eigenvalue weighted by Gasteiger charge is 2.20. The number of carbonyl (C=O) groups excluding carboxylic acids is 1. The number of rotatable bonds is 7. The number of pyridine rings is 1. The topological polar surface area (TPSA) is 105 Å². The number of aryl methyl sites for hydroxylation is 1. The number of thiazole rings is 2. The molecule has 0 aliphatic carbocycles. The van der Waals surface area contributed by atoms with Crippen molar-refractivity contribution in [2.45, 2.75) is 26.2 Å². The molecule has 0 saturated carbocycles. The molecule has 5 rings (SSSR count). The number of anilines is 1. The number of nitrogens with zero attached hydrogens (tertiary/aromatic N) is 5. The van der Waals surface area contributed by atoms with Gasteiger partial charge in [0.15, 0.2) is 11.1 Å². The fourth-order valence-corrected chi connectivity index (χ4v) is 5.29. The number of likely N-dealkylation sites (tertiary alicyclic amines) is 1. The molecule has 9 nitrogen and oxygen atoms in total. The lowest BCUT2D eigenvalue weighted by molar-refractivity contribution is -0.128. The van der Waals surface area contributed by atoms with Crippen molar-refractivity contribution < 1.29 is 9.53 Å². The van der Waals surface area contributed by atoms with E-state index in [9.17, 15) is 4.79 Å². The molecule has 0 bridgehead atoms. The zero-order valence-corrected chi connectivity index (χ0v) is 20.0. The Balaban J connectivity index is 1.26. The third-order valence-corrected chi connectivity index (χ3v) is 7.12. The second-order valence-corrected chi connectivity index (χ2v) is 9.60. The molecule has 1 fully saturated rings. The summed E-state index contributed by atoms with van der Waals surface area (Å²) in [6, 6.07) is 1.92. The van der Waals surface area contributed by atoms with E-state index in [2.05, 4.69) is 25.6 Å². The molecule has 33 heavy (non-hydrogen) atoms. The van der Waals surface area contributed by atoms with E-state index in [4.69, 9.17) is 9.72 Å². The van der Waals surface area contributed by atoms with E-state index in [1.165, 1.54) is 11.3 Å². The molecule has 1 amide bonds. The van der Waals surface area contributed by atoms with Gasteiger partial charge in [-0.3, -0.25) is 9.79 Å². The highest BCUT2D eigenvalue weighted by Crippen LogP contribution is 2.33. The second kappa shape index (κ2) is 9.84. The molecule has 2 aliphatic rings. The second-order valence-electron chi connectivity index (χ2n) is 7.88. The SMILES string of the molecule is Cc1cnc(OCCN2CCCC2=O)cc1-c1nc(-c2csc(NC3=NCCCN3)n2)cs1. The number of hydrogen-bond acceptors (Lipinski definition) is 10. The van der Waals surface area contributed by atoms with Crippen molar-refractivity contribution in [3.8, 4) is 27.8 Å². The minimum Gasteiger partial charge on any atom is -0.476 e. The van der Waals surface area contributed by atoms with Crippen molar-refractivity contribution in [3.05, 3.63) is 28.6 Å².